The van der Waals surface area contributed by atoms with E-state index >= 15 is 0 Å². The molecular formula is C25H25FN2O4. The molecule has 0 bridgehead atoms. The molecule has 2 saturated heterocycles. The normalized spacial score (nSPS) is 21.7. The van der Waals surface area contributed by atoms with Crippen molar-refractivity contribution in [2.75, 3.05) is 26.3 Å². The third-order valence-electron chi connectivity index (χ3n) is 6.39. The summed E-state index contributed by atoms with van der Waals surface area (Å²) >= 11 is 0. The molecule has 32 heavy (non-hydrogen) atoms. The number of hydrogen-bond donors (Lipinski definition) is 2. The summed E-state index contributed by atoms with van der Waals surface area (Å²) in [5.41, 5.74) is 1.59. The van der Waals surface area contributed by atoms with Gasteiger partial charge in [-0.05, 0) is 60.7 Å². The highest BCUT2D eigenvalue weighted by molar-refractivity contribution is 6.01. The number of fused-ring (bicyclic) bond motifs is 1. The monoisotopic (exact) mass is 436 g/mol. The Hall–Kier alpha value is -3.03. The zero-order valence-electron chi connectivity index (χ0n) is 17.6. The number of carbonyl (C=O) groups excluding carboxylic acids is 1. The number of ether oxygens (including phenoxy) is 2. The van der Waals surface area contributed by atoms with Crippen LogP contribution >= 0.6 is 0 Å². The van der Waals surface area contributed by atoms with Gasteiger partial charge in [0.15, 0.2) is 11.9 Å². The van der Waals surface area contributed by atoms with Crippen molar-refractivity contribution < 1.29 is 23.8 Å². The van der Waals surface area contributed by atoms with E-state index in [2.05, 4.69) is 5.32 Å². The van der Waals surface area contributed by atoms with Crippen LogP contribution in [0.25, 0.3) is 21.9 Å². The van der Waals surface area contributed by atoms with Crippen molar-refractivity contribution in [3.63, 3.8) is 0 Å². The molecule has 2 aliphatic rings. The Morgan fingerprint density at radius 3 is 2.62 bits per heavy atom. The molecule has 1 aromatic heterocycles. The molecule has 5 rings (SSSR count). The topological polar surface area (TPSA) is 80.7 Å². The minimum absolute atomic E-state index is 0.0812. The standard InChI is InChI=1S/C25H25FN2O4/c26-18-3-1-16(2-4-18)22-20-6-5-19(30)13-21(20)24(32-25(15-29)9-10-27-14-25)28-23(22)17-7-11-31-12-8-17/h1-6,13,15,17,27,30H,7-12,14H2/t25-/m0/s1. The molecule has 0 spiro atoms. The Morgan fingerprint density at radius 1 is 1.16 bits per heavy atom. The predicted octanol–water partition coefficient (Wildman–Crippen LogP) is 3.95. The maximum atomic E-state index is 13.7. The number of rotatable bonds is 5. The maximum absolute atomic E-state index is 13.7. The number of nitrogens with zero attached hydrogens (tertiary/aromatic N) is 1. The molecule has 2 aromatic carbocycles. The van der Waals surface area contributed by atoms with Crippen molar-refractivity contribution in [1.29, 1.82) is 0 Å². The first-order chi connectivity index (χ1) is 15.6. The SMILES string of the molecule is O=C[C@]1(Oc2nc(C3CCOCC3)c(-c3ccc(F)cc3)c3ccc(O)cc23)CCNC1. The number of hydrogen-bond acceptors (Lipinski definition) is 6. The number of pyridine rings is 1. The number of aromatic hydroxyl groups is 1. The van der Waals surface area contributed by atoms with Crippen LogP contribution in [0.1, 0.15) is 30.9 Å². The molecule has 0 radical (unpaired) electrons. The van der Waals surface area contributed by atoms with Gasteiger partial charge in [-0.25, -0.2) is 9.37 Å². The van der Waals surface area contributed by atoms with Crippen molar-refractivity contribution in [3.8, 4) is 22.8 Å². The van der Waals surface area contributed by atoms with E-state index in [0.717, 1.165) is 41.3 Å². The number of aldehydes is 1. The van der Waals surface area contributed by atoms with Crippen LogP contribution in [-0.4, -0.2) is 48.3 Å². The molecule has 2 aliphatic heterocycles. The third-order valence-corrected chi connectivity index (χ3v) is 6.39. The van der Waals surface area contributed by atoms with Gasteiger partial charge in [0.1, 0.15) is 11.6 Å². The van der Waals surface area contributed by atoms with Gasteiger partial charge in [-0.15, -0.1) is 0 Å². The Kier molecular flexibility index (Phi) is 5.53. The fraction of sp³-hybridized carbons (Fsp3) is 0.360. The molecule has 2 fully saturated rings. The number of carbonyl (C=O) groups is 1. The summed E-state index contributed by atoms with van der Waals surface area (Å²) in [5.74, 6) is 0.243. The van der Waals surface area contributed by atoms with Crippen molar-refractivity contribution in [1.82, 2.24) is 10.3 Å². The van der Waals surface area contributed by atoms with Crippen molar-refractivity contribution in [2.45, 2.75) is 30.8 Å². The second-order valence-electron chi connectivity index (χ2n) is 8.51. The number of aromatic nitrogens is 1. The van der Waals surface area contributed by atoms with Crippen molar-refractivity contribution in [3.05, 3.63) is 54.0 Å². The lowest BCUT2D eigenvalue weighted by Gasteiger charge is -2.28. The maximum Gasteiger partial charge on any atom is 0.222 e. The lowest BCUT2D eigenvalue weighted by Crippen LogP contribution is -2.40. The second-order valence-corrected chi connectivity index (χ2v) is 8.51. The van der Waals surface area contributed by atoms with E-state index in [0.29, 0.717) is 44.0 Å². The summed E-state index contributed by atoms with van der Waals surface area (Å²) in [4.78, 5) is 16.9. The summed E-state index contributed by atoms with van der Waals surface area (Å²) in [6.07, 6.45) is 3.01. The Morgan fingerprint density at radius 2 is 1.94 bits per heavy atom. The fourth-order valence-corrected chi connectivity index (χ4v) is 4.65. The molecular weight excluding hydrogens is 411 g/mol. The van der Waals surface area contributed by atoms with Gasteiger partial charge in [-0.1, -0.05) is 12.1 Å². The number of benzene rings is 2. The minimum Gasteiger partial charge on any atom is -0.508 e. The lowest BCUT2D eigenvalue weighted by molar-refractivity contribution is -0.120. The van der Waals surface area contributed by atoms with Gasteiger partial charge >= 0.3 is 0 Å². The van der Waals surface area contributed by atoms with Gasteiger partial charge in [0.2, 0.25) is 5.88 Å². The minimum atomic E-state index is -0.990. The van der Waals surface area contributed by atoms with Gasteiger partial charge in [-0.3, -0.25) is 4.79 Å². The molecule has 0 unspecified atom stereocenters. The van der Waals surface area contributed by atoms with E-state index in [-0.39, 0.29) is 17.5 Å². The fourth-order valence-electron chi connectivity index (χ4n) is 4.65. The van der Waals surface area contributed by atoms with E-state index in [1.54, 1.807) is 24.3 Å². The highest BCUT2D eigenvalue weighted by atomic mass is 19.1. The van der Waals surface area contributed by atoms with Crippen LogP contribution in [0.15, 0.2) is 42.5 Å². The van der Waals surface area contributed by atoms with Crippen LogP contribution in [0.2, 0.25) is 0 Å². The Labute approximate surface area is 185 Å². The van der Waals surface area contributed by atoms with Crippen LogP contribution in [0, 0.1) is 5.82 Å². The first-order valence-corrected chi connectivity index (χ1v) is 10.9. The van der Waals surface area contributed by atoms with Crippen LogP contribution in [-0.2, 0) is 9.53 Å². The smallest absolute Gasteiger partial charge is 0.222 e. The number of nitrogens with one attached hydrogen (secondary N) is 1. The zero-order valence-corrected chi connectivity index (χ0v) is 17.6. The van der Waals surface area contributed by atoms with E-state index < -0.39 is 5.60 Å². The van der Waals surface area contributed by atoms with Gasteiger partial charge in [0.05, 0.1) is 5.69 Å². The molecule has 1 atom stereocenters. The largest absolute Gasteiger partial charge is 0.508 e. The van der Waals surface area contributed by atoms with Gasteiger partial charge in [0, 0.05) is 43.0 Å². The van der Waals surface area contributed by atoms with Crippen molar-refractivity contribution >= 4 is 17.1 Å². The number of phenolic OH excluding ortho intramolecular Hbond substituents is 1. The molecule has 0 amide bonds. The van der Waals surface area contributed by atoms with Gasteiger partial charge in [-0.2, -0.15) is 0 Å². The quantitative estimate of drug-likeness (QED) is 0.590. The molecule has 166 valence electrons. The summed E-state index contributed by atoms with van der Waals surface area (Å²) in [7, 11) is 0. The molecule has 3 heterocycles. The average Bonchev–Trinajstić information content (AvgIpc) is 3.29. The van der Waals surface area contributed by atoms with Gasteiger partial charge in [0.25, 0.3) is 0 Å². The van der Waals surface area contributed by atoms with Crippen LogP contribution in [0.5, 0.6) is 11.6 Å². The van der Waals surface area contributed by atoms with E-state index in [1.807, 2.05) is 6.07 Å². The molecule has 3 aromatic rings. The van der Waals surface area contributed by atoms with Crippen LogP contribution < -0.4 is 10.1 Å². The van der Waals surface area contributed by atoms with Crippen molar-refractivity contribution in [2.24, 2.45) is 0 Å². The van der Waals surface area contributed by atoms with Gasteiger partial charge < -0.3 is 19.9 Å². The summed E-state index contributed by atoms with van der Waals surface area (Å²) in [6.45, 7) is 2.37. The molecule has 6 nitrogen and oxygen atoms in total. The Bertz CT molecular complexity index is 1140. The molecule has 2 N–H and O–H groups in total. The third kappa shape index (κ3) is 3.82. The molecule has 7 heteroatoms. The zero-order chi connectivity index (χ0) is 22.1. The van der Waals surface area contributed by atoms with Crippen LogP contribution in [0.4, 0.5) is 4.39 Å². The van der Waals surface area contributed by atoms with E-state index in [4.69, 9.17) is 14.5 Å². The predicted molar refractivity (Wildman–Crippen MR) is 119 cm³/mol. The lowest BCUT2D eigenvalue weighted by atomic mass is 9.87. The highest BCUT2D eigenvalue weighted by Crippen LogP contribution is 2.43. The molecule has 0 aliphatic carbocycles. The van der Waals surface area contributed by atoms with E-state index in [9.17, 15) is 14.3 Å². The summed E-state index contributed by atoms with van der Waals surface area (Å²) in [5, 5.41) is 14.9. The number of phenols is 1. The summed E-state index contributed by atoms with van der Waals surface area (Å²) < 4.78 is 25.5. The average molecular weight is 436 g/mol. The Balaban J connectivity index is 1.75. The van der Waals surface area contributed by atoms with Crippen LogP contribution in [0.3, 0.4) is 0 Å². The molecule has 0 saturated carbocycles. The van der Waals surface area contributed by atoms with E-state index in [1.165, 1.54) is 12.1 Å². The first kappa shape index (κ1) is 20.8. The highest BCUT2D eigenvalue weighted by Gasteiger charge is 2.37. The number of halogens is 1. The summed E-state index contributed by atoms with van der Waals surface area (Å²) in [6, 6.07) is 11.4. The first-order valence-electron chi connectivity index (χ1n) is 10.9. The second kappa shape index (κ2) is 8.48.